The number of benzene rings is 1. The van der Waals surface area contributed by atoms with Gasteiger partial charge >= 0.3 is 0 Å². The van der Waals surface area contributed by atoms with Gasteiger partial charge in [0.15, 0.2) is 0 Å². The van der Waals surface area contributed by atoms with E-state index in [1.165, 1.54) is 22.3 Å². The third-order valence-corrected chi connectivity index (χ3v) is 8.46. The van der Waals surface area contributed by atoms with Gasteiger partial charge in [-0.25, -0.2) is 4.99 Å². The number of nitrogens with zero attached hydrogens (tertiary/aromatic N) is 2. The molecule has 1 N–H and O–H groups in total. The third-order valence-electron chi connectivity index (χ3n) is 7.06. The van der Waals surface area contributed by atoms with E-state index in [1.807, 2.05) is 6.07 Å². The highest BCUT2D eigenvalue weighted by Gasteiger charge is 2.33. The van der Waals surface area contributed by atoms with Gasteiger partial charge in [-0.2, -0.15) is 0 Å². The van der Waals surface area contributed by atoms with E-state index in [0.29, 0.717) is 39.3 Å². The average molecular weight is 566 g/mol. The van der Waals surface area contributed by atoms with Crippen LogP contribution in [0.25, 0.3) is 11.3 Å². The van der Waals surface area contributed by atoms with Crippen molar-refractivity contribution in [3.05, 3.63) is 91.4 Å². The van der Waals surface area contributed by atoms with Crippen LogP contribution in [0, 0.1) is 21.4 Å². The van der Waals surface area contributed by atoms with Crippen molar-refractivity contribution in [2.75, 3.05) is 0 Å². The summed E-state index contributed by atoms with van der Waals surface area (Å²) in [6.07, 6.45) is 5.86. The summed E-state index contributed by atoms with van der Waals surface area (Å²) in [5.74, 6) is 1.74. The molecular weight excluding hydrogens is 538 g/mol. The topological polar surface area (TPSA) is 111 Å². The Labute approximate surface area is 234 Å². The summed E-state index contributed by atoms with van der Waals surface area (Å²) >= 11 is 7.48. The van der Waals surface area contributed by atoms with Crippen LogP contribution in [0.5, 0.6) is 0 Å². The summed E-state index contributed by atoms with van der Waals surface area (Å²) < 4.78 is 11.2. The third kappa shape index (κ3) is 5.84. The number of furan rings is 2. The Morgan fingerprint density at radius 2 is 2.10 bits per heavy atom. The van der Waals surface area contributed by atoms with Crippen molar-refractivity contribution in [2.24, 2.45) is 16.3 Å². The second-order valence-corrected chi connectivity index (χ2v) is 12.2. The number of fused-ring (bicyclic) bond motifs is 1. The second kappa shape index (κ2) is 10.8. The van der Waals surface area contributed by atoms with Crippen LogP contribution in [-0.4, -0.2) is 17.0 Å². The molecule has 1 aromatic carbocycles. The predicted octanol–water partition coefficient (Wildman–Crippen LogP) is 7.99. The Balaban J connectivity index is 1.45. The van der Waals surface area contributed by atoms with Crippen LogP contribution in [0.3, 0.4) is 0 Å². The predicted molar refractivity (Wildman–Crippen MR) is 152 cm³/mol. The molecule has 202 valence electrons. The van der Waals surface area contributed by atoms with Gasteiger partial charge in [-0.05, 0) is 72.6 Å². The maximum atomic E-state index is 13.4. The molecule has 1 aliphatic rings. The van der Waals surface area contributed by atoms with Crippen LogP contribution in [0.4, 0.5) is 10.7 Å². The summed E-state index contributed by atoms with van der Waals surface area (Å²) in [6, 6.07) is 11.4. The van der Waals surface area contributed by atoms with Crippen LogP contribution in [0.1, 0.15) is 59.5 Å². The molecule has 8 nitrogen and oxygen atoms in total. The Hall–Kier alpha value is -3.69. The first-order chi connectivity index (χ1) is 18.6. The van der Waals surface area contributed by atoms with Crippen LogP contribution in [-0.2, 0) is 19.4 Å². The van der Waals surface area contributed by atoms with Crippen LogP contribution >= 0.6 is 22.9 Å². The van der Waals surface area contributed by atoms with Gasteiger partial charge in [0.1, 0.15) is 22.3 Å². The number of carbonyl (C=O) groups is 1. The number of nitrogens with one attached hydrogen (secondary N) is 1. The summed E-state index contributed by atoms with van der Waals surface area (Å²) in [5.41, 5.74) is 1.99. The normalized spacial score (nSPS) is 15.4. The molecule has 0 bridgehead atoms. The van der Waals surface area contributed by atoms with Gasteiger partial charge in [0.25, 0.3) is 11.6 Å². The molecule has 0 saturated carbocycles. The highest BCUT2D eigenvalue weighted by molar-refractivity contribution is 7.16. The molecule has 1 amide bonds. The fraction of sp³-hybridized carbons (Fsp3) is 0.310. The van der Waals surface area contributed by atoms with Crippen molar-refractivity contribution in [1.82, 2.24) is 5.32 Å². The van der Waals surface area contributed by atoms with Crippen LogP contribution < -0.4 is 5.32 Å². The number of aliphatic imine (C=N–C) groups is 1. The molecule has 10 heteroatoms. The highest BCUT2D eigenvalue weighted by Crippen LogP contribution is 2.45. The quantitative estimate of drug-likeness (QED) is 0.139. The minimum absolute atomic E-state index is 0.143. The molecule has 3 heterocycles. The fourth-order valence-electron chi connectivity index (χ4n) is 4.86. The summed E-state index contributed by atoms with van der Waals surface area (Å²) in [5, 5.41) is 15.4. The summed E-state index contributed by atoms with van der Waals surface area (Å²) in [6.45, 7) is 7.05. The van der Waals surface area contributed by atoms with E-state index in [-0.39, 0.29) is 28.6 Å². The van der Waals surface area contributed by atoms with Crippen molar-refractivity contribution in [2.45, 2.75) is 46.6 Å². The molecule has 5 rings (SSSR count). The maximum absolute atomic E-state index is 13.4. The molecule has 0 fully saturated rings. The lowest BCUT2D eigenvalue weighted by molar-refractivity contribution is -0.384. The summed E-state index contributed by atoms with van der Waals surface area (Å²) in [4.78, 5) is 30.3. The first-order valence-corrected chi connectivity index (χ1v) is 13.8. The number of halogens is 1. The zero-order chi connectivity index (χ0) is 27.7. The van der Waals surface area contributed by atoms with E-state index in [4.69, 9.17) is 20.4 Å². The fourth-order valence-corrected chi connectivity index (χ4v) is 6.29. The maximum Gasteiger partial charge on any atom is 0.281 e. The largest absolute Gasteiger partial charge is 0.467 e. The number of nitro groups is 1. The number of nitro benzene ring substituents is 1. The minimum atomic E-state index is -0.494. The van der Waals surface area contributed by atoms with E-state index in [0.717, 1.165) is 24.8 Å². The highest BCUT2D eigenvalue weighted by atomic mass is 35.5. The molecule has 0 radical (unpaired) electrons. The first kappa shape index (κ1) is 26.9. The Morgan fingerprint density at radius 3 is 2.82 bits per heavy atom. The molecule has 0 saturated heterocycles. The van der Waals surface area contributed by atoms with Crippen LogP contribution in [0.2, 0.25) is 5.02 Å². The Kier molecular flexibility index (Phi) is 7.46. The zero-order valence-corrected chi connectivity index (χ0v) is 23.4. The molecule has 4 aromatic rings. The minimum Gasteiger partial charge on any atom is -0.467 e. The number of thiophene rings is 1. The monoisotopic (exact) mass is 565 g/mol. The SMILES string of the molecule is CC(C)(C)[C@@H]1CCc2c(sc(N=Cc3ccc(-c4ccc(Cl)cc4[N+](=O)[O-])o3)c2C(=O)NCc2ccco2)C1. The van der Waals surface area contributed by atoms with Gasteiger partial charge in [0.05, 0.1) is 35.1 Å². The van der Waals surface area contributed by atoms with Crippen molar-refractivity contribution < 1.29 is 18.6 Å². The van der Waals surface area contributed by atoms with Crippen molar-refractivity contribution in [3.63, 3.8) is 0 Å². The molecule has 39 heavy (non-hydrogen) atoms. The zero-order valence-electron chi connectivity index (χ0n) is 21.8. The van der Waals surface area contributed by atoms with Gasteiger partial charge in [0, 0.05) is 16.0 Å². The van der Waals surface area contributed by atoms with Gasteiger partial charge in [-0.1, -0.05) is 32.4 Å². The lowest BCUT2D eigenvalue weighted by atomic mass is 9.72. The standard InChI is InChI=1S/C29H28ClN3O5S/c1-29(2,3)17-6-9-22-25(13-17)39-28(26(22)27(34)31-15-19-5-4-12-37-19)32-16-20-8-11-24(38-20)21-10-7-18(30)14-23(21)33(35)36/h4-5,7-8,10-12,14,16-17H,6,9,13,15H2,1-3H3,(H,31,34)/t17-/m1/s1. The Bertz CT molecular complexity index is 1550. The smallest absolute Gasteiger partial charge is 0.281 e. The number of hydrogen-bond donors (Lipinski definition) is 1. The first-order valence-electron chi connectivity index (χ1n) is 12.6. The molecule has 0 spiro atoms. The van der Waals surface area contributed by atoms with Crippen molar-refractivity contribution >= 4 is 45.7 Å². The number of hydrogen-bond acceptors (Lipinski definition) is 7. The lowest BCUT2D eigenvalue weighted by Crippen LogP contribution is -2.28. The van der Waals surface area contributed by atoms with Gasteiger partial charge in [-0.3, -0.25) is 14.9 Å². The Morgan fingerprint density at radius 1 is 1.28 bits per heavy atom. The van der Waals surface area contributed by atoms with Gasteiger partial charge < -0.3 is 14.2 Å². The number of rotatable bonds is 7. The van der Waals surface area contributed by atoms with E-state index in [1.54, 1.807) is 42.8 Å². The van der Waals surface area contributed by atoms with E-state index in [2.05, 4.69) is 31.1 Å². The summed E-state index contributed by atoms with van der Waals surface area (Å²) in [7, 11) is 0. The lowest BCUT2D eigenvalue weighted by Gasteiger charge is -2.33. The number of amides is 1. The molecule has 1 aliphatic carbocycles. The average Bonchev–Trinajstić information content (AvgIpc) is 3.65. The molecule has 3 aromatic heterocycles. The molecule has 0 aliphatic heterocycles. The van der Waals surface area contributed by atoms with E-state index < -0.39 is 4.92 Å². The molecule has 1 atom stereocenters. The number of carbonyl (C=O) groups excluding carboxylic acids is 1. The molecular formula is C29H28ClN3O5S. The van der Waals surface area contributed by atoms with Gasteiger partial charge in [0.2, 0.25) is 0 Å². The van der Waals surface area contributed by atoms with Crippen molar-refractivity contribution in [3.8, 4) is 11.3 Å². The van der Waals surface area contributed by atoms with Crippen LogP contribution in [0.15, 0.2) is 62.6 Å². The van der Waals surface area contributed by atoms with Gasteiger partial charge in [-0.15, -0.1) is 11.3 Å². The molecule has 0 unspecified atom stereocenters. The second-order valence-electron chi connectivity index (χ2n) is 10.6. The van der Waals surface area contributed by atoms with E-state index >= 15 is 0 Å². The van der Waals surface area contributed by atoms with Crippen molar-refractivity contribution in [1.29, 1.82) is 0 Å². The van der Waals surface area contributed by atoms with E-state index in [9.17, 15) is 14.9 Å².